The third kappa shape index (κ3) is 7.23. The van der Waals surface area contributed by atoms with E-state index in [1.165, 1.54) is 0 Å². The van der Waals surface area contributed by atoms with Crippen LogP contribution in [0.5, 0.6) is 0 Å². The van der Waals surface area contributed by atoms with Gasteiger partial charge in [-0.3, -0.25) is 0 Å². The molecule has 0 heterocycles. The lowest BCUT2D eigenvalue weighted by Crippen LogP contribution is -2.34. The summed E-state index contributed by atoms with van der Waals surface area (Å²) >= 11 is 0. The first kappa shape index (κ1) is 24.6. The second-order valence-electron chi connectivity index (χ2n) is 7.30. The van der Waals surface area contributed by atoms with Crippen LogP contribution >= 0.6 is 0 Å². The van der Waals surface area contributed by atoms with Gasteiger partial charge in [0.2, 0.25) is 0 Å². The largest absolute Gasteiger partial charge is 0.480 e. The zero-order valence-electron chi connectivity index (χ0n) is 18.6. The minimum absolute atomic E-state index is 0.239. The monoisotopic (exact) mass is 450 g/mol. The van der Waals surface area contributed by atoms with Gasteiger partial charge in [0.05, 0.1) is 39.6 Å². The quantitative estimate of drug-likeness (QED) is 0.277. The Morgan fingerprint density at radius 2 is 0.939 bits per heavy atom. The number of hydrogen-bond acceptors (Lipinski definition) is 5. The van der Waals surface area contributed by atoms with E-state index in [4.69, 9.17) is 24.1 Å². The second kappa shape index (κ2) is 13.5. The molecule has 0 saturated heterocycles. The van der Waals surface area contributed by atoms with Crippen molar-refractivity contribution in [3.63, 3.8) is 0 Å². The van der Waals surface area contributed by atoms with Crippen LogP contribution in [0.4, 0.5) is 0 Å². The Hall–Kier alpha value is -3.03. The van der Waals surface area contributed by atoms with Crippen LogP contribution in [0.3, 0.4) is 0 Å². The average Bonchev–Trinajstić information content (AvgIpc) is 2.86. The molecular formula is C27H30O6. The van der Waals surface area contributed by atoms with E-state index in [1.54, 1.807) is 0 Å². The minimum Gasteiger partial charge on any atom is -0.480 e. The highest BCUT2D eigenvalue weighted by molar-refractivity contribution is 5.67. The Balaban J connectivity index is 1.60. The van der Waals surface area contributed by atoms with Gasteiger partial charge in [-0.15, -0.1) is 0 Å². The third-order valence-electron chi connectivity index (χ3n) is 5.06. The van der Waals surface area contributed by atoms with Crippen molar-refractivity contribution in [2.75, 3.05) is 46.2 Å². The van der Waals surface area contributed by atoms with Gasteiger partial charge in [0, 0.05) is 0 Å². The Bertz CT molecular complexity index is 834. The van der Waals surface area contributed by atoms with Crippen LogP contribution in [0.15, 0.2) is 91.0 Å². The molecule has 0 spiro atoms. The van der Waals surface area contributed by atoms with E-state index in [-0.39, 0.29) is 13.2 Å². The molecule has 0 aliphatic heterocycles. The molecule has 3 rings (SSSR count). The molecule has 0 aliphatic rings. The lowest BCUT2D eigenvalue weighted by molar-refractivity contribution is -0.142. The van der Waals surface area contributed by atoms with E-state index < -0.39 is 11.6 Å². The molecule has 3 aromatic carbocycles. The Kier molecular flexibility index (Phi) is 10.1. The Morgan fingerprint density at radius 3 is 1.33 bits per heavy atom. The topological polar surface area (TPSA) is 74.2 Å². The number of carboxylic acid groups (broad SMARTS) is 1. The lowest BCUT2D eigenvalue weighted by atomic mass is 9.80. The van der Waals surface area contributed by atoms with Crippen molar-refractivity contribution in [3.8, 4) is 0 Å². The van der Waals surface area contributed by atoms with Crippen LogP contribution in [0.2, 0.25) is 0 Å². The Morgan fingerprint density at radius 1 is 0.576 bits per heavy atom. The van der Waals surface area contributed by atoms with Crippen LogP contribution in [0.1, 0.15) is 16.7 Å². The summed E-state index contributed by atoms with van der Waals surface area (Å²) < 4.78 is 22.6. The molecule has 0 fully saturated rings. The van der Waals surface area contributed by atoms with Crippen molar-refractivity contribution in [2.45, 2.75) is 5.60 Å². The van der Waals surface area contributed by atoms with Crippen LogP contribution in [-0.2, 0) is 29.3 Å². The fraction of sp³-hybridized carbons (Fsp3) is 0.296. The smallest absolute Gasteiger partial charge is 0.329 e. The van der Waals surface area contributed by atoms with Gasteiger partial charge in [0.25, 0.3) is 0 Å². The van der Waals surface area contributed by atoms with Gasteiger partial charge >= 0.3 is 5.97 Å². The van der Waals surface area contributed by atoms with E-state index in [2.05, 4.69) is 36.4 Å². The van der Waals surface area contributed by atoms with Gasteiger partial charge in [-0.1, -0.05) is 91.0 Å². The summed E-state index contributed by atoms with van der Waals surface area (Å²) in [4.78, 5) is 10.4. The molecule has 0 amide bonds. The SMILES string of the molecule is O=C(O)COCCOCCOCCOC(c1ccccc1)(c1ccccc1)c1ccccc1. The van der Waals surface area contributed by atoms with Crippen molar-refractivity contribution in [1.82, 2.24) is 0 Å². The summed E-state index contributed by atoms with van der Waals surface area (Å²) in [7, 11) is 0. The molecule has 33 heavy (non-hydrogen) atoms. The maximum Gasteiger partial charge on any atom is 0.329 e. The molecule has 1 N–H and O–H groups in total. The van der Waals surface area contributed by atoms with Crippen molar-refractivity contribution < 1.29 is 28.8 Å². The predicted molar refractivity (Wildman–Crippen MR) is 125 cm³/mol. The highest BCUT2D eigenvalue weighted by Crippen LogP contribution is 2.40. The summed E-state index contributed by atoms with van der Waals surface area (Å²) in [5, 5.41) is 8.51. The number of rotatable bonds is 15. The standard InChI is InChI=1S/C27H30O6/c28-26(29)22-32-19-18-30-16-17-31-20-21-33-27(23-10-4-1-5-11-23,24-12-6-2-7-13-24)25-14-8-3-9-15-25/h1-15H,16-22H2,(H,28,29). The zero-order valence-corrected chi connectivity index (χ0v) is 18.6. The van der Waals surface area contributed by atoms with E-state index in [0.29, 0.717) is 33.0 Å². The molecule has 0 aliphatic carbocycles. The molecular weight excluding hydrogens is 420 g/mol. The van der Waals surface area contributed by atoms with Crippen LogP contribution < -0.4 is 0 Å². The molecule has 0 atom stereocenters. The van der Waals surface area contributed by atoms with Crippen LogP contribution in [-0.4, -0.2) is 57.3 Å². The van der Waals surface area contributed by atoms with Gasteiger partial charge in [-0.05, 0) is 16.7 Å². The first-order chi connectivity index (χ1) is 16.2. The molecule has 0 radical (unpaired) electrons. The Labute approximate surface area is 194 Å². The average molecular weight is 451 g/mol. The van der Waals surface area contributed by atoms with Crippen LogP contribution in [0, 0.1) is 0 Å². The molecule has 0 bridgehead atoms. The van der Waals surface area contributed by atoms with Crippen molar-refractivity contribution >= 4 is 5.97 Å². The summed E-state index contributed by atoms with van der Waals surface area (Å²) in [6.07, 6.45) is 0. The molecule has 6 heteroatoms. The number of carbonyl (C=O) groups is 1. The van der Waals surface area contributed by atoms with E-state index in [9.17, 15) is 4.79 Å². The lowest BCUT2D eigenvalue weighted by Gasteiger charge is -2.36. The molecule has 174 valence electrons. The predicted octanol–water partition coefficient (Wildman–Crippen LogP) is 4.13. The maximum atomic E-state index is 10.4. The van der Waals surface area contributed by atoms with Crippen molar-refractivity contribution in [3.05, 3.63) is 108 Å². The summed E-state index contributed by atoms with van der Waals surface area (Å²) in [6, 6.07) is 30.6. The normalized spacial score (nSPS) is 11.4. The van der Waals surface area contributed by atoms with Gasteiger partial charge in [-0.25, -0.2) is 4.79 Å². The van der Waals surface area contributed by atoms with Gasteiger partial charge in [0.1, 0.15) is 12.2 Å². The van der Waals surface area contributed by atoms with E-state index in [1.807, 2.05) is 54.6 Å². The first-order valence-corrected chi connectivity index (χ1v) is 11.0. The van der Waals surface area contributed by atoms with E-state index >= 15 is 0 Å². The minimum atomic E-state index is -0.990. The summed E-state index contributed by atoms with van der Waals surface area (Å²) in [5.41, 5.74) is 2.39. The maximum absolute atomic E-state index is 10.4. The van der Waals surface area contributed by atoms with Gasteiger partial charge in [0.15, 0.2) is 0 Å². The summed E-state index contributed by atoms with van der Waals surface area (Å²) in [6.45, 7) is 1.86. The summed E-state index contributed by atoms with van der Waals surface area (Å²) in [5.74, 6) is -0.990. The van der Waals surface area contributed by atoms with Crippen LogP contribution in [0.25, 0.3) is 0 Å². The van der Waals surface area contributed by atoms with Gasteiger partial charge < -0.3 is 24.1 Å². The number of aliphatic carboxylic acids is 1. The van der Waals surface area contributed by atoms with Crippen molar-refractivity contribution in [2.24, 2.45) is 0 Å². The molecule has 0 saturated carbocycles. The van der Waals surface area contributed by atoms with E-state index in [0.717, 1.165) is 16.7 Å². The molecule has 6 nitrogen and oxygen atoms in total. The number of ether oxygens (including phenoxy) is 4. The zero-order chi connectivity index (χ0) is 23.2. The highest BCUT2D eigenvalue weighted by atomic mass is 16.6. The number of carboxylic acids is 1. The highest BCUT2D eigenvalue weighted by Gasteiger charge is 2.37. The molecule has 3 aromatic rings. The first-order valence-electron chi connectivity index (χ1n) is 11.0. The molecule has 0 aromatic heterocycles. The molecule has 0 unspecified atom stereocenters. The second-order valence-corrected chi connectivity index (χ2v) is 7.30. The van der Waals surface area contributed by atoms with Gasteiger partial charge in [-0.2, -0.15) is 0 Å². The number of hydrogen-bond donors (Lipinski definition) is 1. The fourth-order valence-electron chi connectivity index (χ4n) is 3.62. The third-order valence-corrected chi connectivity index (χ3v) is 5.06. The van der Waals surface area contributed by atoms with Crippen molar-refractivity contribution in [1.29, 1.82) is 0 Å². The number of benzene rings is 3. The fourth-order valence-corrected chi connectivity index (χ4v) is 3.62.